The van der Waals surface area contributed by atoms with E-state index in [0.29, 0.717) is 11.3 Å². The molecule has 0 aromatic heterocycles. The zero-order chi connectivity index (χ0) is 10.6. The van der Waals surface area contributed by atoms with E-state index >= 15 is 0 Å². The highest BCUT2D eigenvalue weighted by Crippen LogP contribution is 2.19. The van der Waals surface area contributed by atoms with Crippen LogP contribution in [0.3, 0.4) is 0 Å². The van der Waals surface area contributed by atoms with Crippen LogP contribution in [0.4, 0.5) is 5.69 Å². The molecule has 0 saturated heterocycles. The summed E-state index contributed by atoms with van der Waals surface area (Å²) in [6, 6.07) is 7.00. The predicted molar refractivity (Wildman–Crippen MR) is 55.0 cm³/mol. The molecule has 0 aliphatic rings. The maximum absolute atomic E-state index is 10.3. The van der Waals surface area contributed by atoms with Gasteiger partial charge in [0, 0.05) is 4.47 Å². The van der Waals surface area contributed by atoms with E-state index in [9.17, 15) is 4.79 Å². The number of nitriles is 1. The number of carbonyl (C=O) groups is 1. The molecule has 2 N–H and O–H groups in total. The molecule has 0 spiro atoms. The van der Waals surface area contributed by atoms with Crippen LogP contribution in [0, 0.1) is 11.3 Å². The van der Waals surface area contributed by atoms with Crippen LogP contribution < -0.4 is 5.32 Å². The van der Waals surface area contributed by atoms with Gasteiger partial charge in [0.1, 0.15) is 12.6 Å². The average molecular weight is 255 g/mol. The molecule has 0 atom stereocenters. The van der Waals surface area contributed by atoms with Crippen molar-refractivity contribution in [2.45, 2.75) is 0 Å². The number of nitrogens with zero attached hydrogens (tertiary/aromatic N) is 1. The summed E-state index contributed by atoms with van der Waals surface area (Å²) in [5.41, 5.74) is 0.943. The van der Waals surface area contributed by atoms with E-state index < -0.39 is 5.97 Å². The molecular formula is C9H7BrN2O2. The fourth-order valence-electron chi connectivity index (χ4n) is 0.934. The zero-order valence-electron chi connectivity index (χ0n) is 7.12. The van der Waals surface area contributed by atoms with Gasteiger partial charge in [-0.25, -0.2) is 0 Å². The normalized spacial score (nSPS) is 9.14. The van der Waals surface area contributed by atoms with E-state index in [0.717, 1.165) is 4.47 Å². The second kappa shape index (κ2) is 4.63. The fraction of sp³-hybridized carbons (Fsp3) is 0.111. The third-order valence-corrected chi connectivity index (χ3v) is 2.03. The van der Waals surface area contributed by atoms with Crippen LogP contribution in [0.25, 0.3) is 0 Å². The summed E-state index contributed by atoms with van der Waals surface area (Å²) in [7, 11) is 0. The van der Waals surface area contributed by atoms with E-state index in [2.05, 4.69) is 21.2 Å². The molecule has 0 aliphatic heterocycles. The standard InChI is InChI=1S/C9H7BrN2O2/c10-7-1-2-8(6(3-7)4-11)12-5-9(13)14/h1-3,12H,5H2,(H,13,14). The first-order chi connectivity index (χ1) is 6.63. The van der Waals surface area contributed by atoms with Crippen molar-refractivity contribution < 1.29 is 9.90 Å². The summed E-state index contributed by atoms with van der Waals surface area (Å²) in [6.45, 7) is -0.198. The molecule has 0 amide bonds. The third kappa shape index (κ3) is 2.75. The third-order valence-electron chi connectivity index (χ3n) is 1.53. The van der Waals surface area contributed by atoms with Crippen molar-refractivity contribution in [3.05, 3.63) is 28.2 Å². The largest absolute Gasteiger partial charge is 0.480 e. The molecule has 0 fully saturated rings. The van der Waals surface area contributed by atoms with Crippen LogP contribution in [0.5, 0.6) is 0 Å². The fourth-order valence-corrected chi connectivity index (χ4v) is 1.30. The van der Waals surface area contributed by atoms with Crippen LogP contribution in [-0.4, -0.2) is 17.6 Å². The smallest absolute Gasteiger partial charge is 0.322 e. The van der Waals surface area contributed by atoms with E-state index in [4.69, 9.17) is 10.4 Å². The van der Waals surface area contributed by atoms with Crippen molar-refractivity contribution in [2.24, 2.45) is 0 Å². The number of halogens is 1. The van der Waals surface area contributed by atoms with Gasteiger partial charge in [0.15, 0.2) is 0 Å². The van der Waals surface area contributed by atoms with Crippen molar-refractivity contribution in [3.8, 4) is 6.07 Å². The number of carboxylic acid groups (broad SMARTS) is 1. The van der Waals surface area contributed by atoms with Gasteiger partial charge >= 0.3 is 5.97 Å². The van der Waals surface area contributed by atoms with Gasteiger partial charge in [0.25, 0.3) is 0 Å². The Morgan fingerprint density at radius 3 is 2.93 bits per heavy atom. The van der Waals surface area contributed by atoms with Gasteiger partial charge in [-0.1, -0.05) is 15.9 Å². The molecule has 1 aromatic carbocycles. The lowest BCUT2D eigenvalue weighted by atomic mass is 10.2. The van der Waals surface area contributed by atoms with Gasteiger partial charge in [-0.05, 0) is 18.2 Å². The highest BCUT2D eigenvalue weighted by atomic mass is 79.9. The zero-order valence-corrected chi connectivity index (χ0v) is 8.71. The molecule has 0 saturated carbocycles. The molecule has 14 heavy (non-hydrogen) atoms. The Balaban J connectivity index is 2.87. The lowest BCUT2D eigenvalue weighted by molar-refractivity contribution is -0.134. The maximum Gasteiger partial charge on any atom is 0.322 e. The minimum atomic E-state index is -0.961. The number of anilines is 1. The van der Waals surface area contributed by atoms with Crippen LogP contribution in [-0.2, 0) is 4.79 Å². The lowest BCUT2D eigenvalue weighted by Crippen LogP contribution is -2.12. The Morgan fingerprint density at radius 2 is 2.36 bits per heavy atom. The van der Waals surface area contributed by atoms with Crippen molar-refractivity contribution in [1.29, 1.82) is 5.26 Å². The van der Waals surface area contributed by atoms with Gasteiger partial charge in [0.05, 0.1) is 11.3 Å². The lowest BCUT2D eigenvalue weighted by Gasteiger charge is -2.05. The minimum absolute atomic E-state index is 0.198. The Hall–Kier alpha value is -1.54. The molecule has 1 aromatic rings. The number of hydrogen-bond donors (Lipinski definition) is 2. The molecule has 0 radical (unpaired) electrons. The van der Waals surface area contributed by atoms with Gasteiger partial charge in [-0.3, -0.25) is 4.79 Å². The van der Waals surface area contributed by atoms with Crippen molar-refractivity contribution in [1.82, 2.24) is 0 Å². The predicted octanol–water partition coefficient (Wildman–Crippen LogP) is 1.82. The van der Waals surface area contributed by atoms with Crippen molar-refractivity contribution in [2.75, 3.05) is 11.9 Å². The van der Waals surface area contributed by atoms with Crippen molar-refractivity contribution >= 4 is 27.6 Å². The molecular weight excluding hydrogens is 248 g/mol. The quantitative estimate of drug-likeness (QED) is 0.863. The molecule has 5 heteroatoms. The second-order valence-corrected chi connectivity index (χ2v) is 3.46. The van der Waals surface area contributed by atoms with Gasteiger partial charge < -0.3 is 10.4 Å². The summed E-state index contributed by atoms with van der Waals surface area (Å²) < 4.78 is 0.787. The van der Waals surface area contributed by atoms with Gasteiger partial charge in [-0.15, -0.1) is 0 Å². The SMILES string of the molecule is N#Cc1cc(Br)ccc1NCC(=O)O. The van der Waals surface area contributed by atoms with Gasteiger partial charge in [0.2, 0.25) is 0 Å². The van der Waals surface area contributed by atoms with Crippen LogP contribution in [0.15, 0.2) is 22.7 Å². The molecule has 0 heterocycles. The molecule has 1 rings (SSSR count). The molecule has 0 bridgehead atoms. The molecule has 0 aliphatic carbocycles. The molecule has 4 nitrogen and oxygen atoms in total. The number of hydrogen-bond acceptors (Lipinski definition) is 3. The topological polar surface area (TPSA) is 73.1 Å². The summed E-state index contributed by atoms with van der Waals surface area (Å²) in [5.74, 6) is -0.961. The van der Waals surface area contributed by atoms with Crippen molar-refractivity contribution in [3.63, 3.8) is 0 Å². The van der Waals surface area contributed by atoms with E-state index in [1.54, 1.807) is 18.2 Å². The summed E-state index contributed by atoms with van der Waals surface area (Å²) in [6.07, 6.45) is 0. The highest BCUT2D eigenvalue weighted by molar-refractivity contribution is 9.10. The number of aliphatic carboxylic acids is 1. The Bertz CT molecular complexity index is 398. The average Bonchev–Trinajstić information content (AvgIpc) is 2.15. The number of carboxylic acids is 1. The van der Waals surface area contributed by atoms with E-state index in [1.807, 2.05) is 6.07 Å². The van der Waals surface area contributed by atoms with Crippen LogP contribution in [0.1, 0.15) is 5.56 Å². The highest BCUT2D eigenvalue weighted by Gasteiger charge is 2.03. The minimum Gasteiger partial charge on any atom is -0.480 e. The molecule has 72 valence electrons. The number of benzene rings is 1. The Labute approximate surface area is 89.3 Å². The first kappa shape index (κ1) is 10.5. The Morgan fingerprint density at radius 1 is 1.64 bits per heavy atom. The summed E-state index contributed by atoms with van der Waals surface area (Å²) >= 11 is 3.22. The monoisotopic (exact) mass is 254 g/mol. The van der Waals surface area contributed by atoms with E-state index in [-0.39, 0.29) is 6.54 Å². The van der Waals surface area contributed by atoms with Crippen LogP contribution >= 0.6 is 15.9 Å². The van der Waals surface area contributed by atoms with E-state index in [1.165, 1.54) is 0 Å². The molecule has 0 unspecified atom stereocenters. The second-order valence-electron chi connectivity index (χ2n) is 2.55. The Kier molecular flexibility index (Phi) is 3.48. The maximum atomic E-state index is 10.3. The number of rotatable bonds is 3. The van der Waals surface area contributed by atoms with Crippen LogP contribution in [0.2, 0.25) is 0 Å². The summed E-state index contributed by atoms with van der Waals surface area (Å²) in [4.78, 5) is 10.3. The first-order valence-electron chi connectivity index (χ1n) is 3.79. The number of nitrogens with one attached hydrogen (secondary N) is 1. The first-order valence-corrected chi connectivity index (χ1v) is 4.58. The van der Waals surface area contributed by atoms with Gasteiger partial charge in [-0.2, -0.15) is 5.26 Å². The summed E-state index contributed by atoms with van der Waals surface area (Å²) in [5, 5.41) is 19.8.